The van der Waals surface area contributed by atoms with E-state index in [4.69, 9.17) is 11.6 Å². The van der Waals surface area contributed by atoms with E-state index in [9.17, 15) is 9.90 Å². The number of rotatable bonds is 5. The van der Waals surface area contributed by atoms with Crippen molar-refractivity contribution in [3.63, 3.8) is 0 Å². The number of aromatic nitrogens is 2. The van der Waals surface area contributed by atoms with Crippen LogP contribution in [0.1, 0.15) is 23.2 Å². The monoisotopic (exact) mass is 364 g/mol. The van der Waals surface area contributed by atoms with Crippen LogP contribution in [0.25, 0.3) is 33.1 Å². The Bertz CT molecular complexity index is 1120. The van der Waals surface area contributed by atoms with Crippen LogP contribution in [-0.4, -0.2) is 26.7 Å². The van der Waals surface area contributed by atoms with Gasteiger partial charge in [0.25, 0.3) is 0 Å². The number of nitrogens with zero attached hydrogens (tertiary/aromatic N) is 1. The Labute approximate surface area is 155 Å². The van der Waals surface area contributed by atoms with E-state index in [2.05, 4.69) is 9.97 Å². The maximum atomic E-state index is 12.3. The number of benzene rings is 2. The van der Waals surface area contributed by atoms with Crippen LogP contribution in [0.2, 0.25) is 0 Å². The highest BCUT2D eigenvalue weighted by Crippen LogP contribution is 2.36. The zero-order valence-corrected chi connectivity index (χ0v) is 14.8. The summed E-state index contributed by atoms with van der Waals surface area (Å²) >= 11 is 5.69. The maximum absolute atomic E-state index is 12.3. The number of hydrogen-bond donors (Lipinski definition) is 2. The van der Waals surface area contributed by atoms with Gasteiger partial charge < -0.3 is 10.1 Å². The van der Waals surface area contributed by atoms with Crippen LogP contribution in [0.5, 0.6) is 5.88 Å². The molecule has 0 aliphatic carbocycles. The predicted molar refractivity (Wildman–Crippen MR) is 105 cm³/mol. The number of carbonyl (C=O) groups is 1. The van der Waals surface area contributed by atoms with Crippen molar-refractivity contribution in [2.24, 2.45) is 0 Å². The van der Waals surface area contributed by atoms with E-state index in [0.29, 0.717) is 35.5 Å². The summed E-state index contributed by atoms with van der Waals surface area (Å²) in [4.78, 5) is 20.0. The summed E-state index contributed by atoms with van der Waals surface area (Å²) in [6.45, 7) is 0. The molecule has 0 bridgehead atoms. The molecule has 4 aromatic rings. The first-order chi connectivity index (χ1) is 12.7. The zero-order valence-electron chi connectivity index (χ0n) is 14.0. The number of Topliss-reactive ketones (excluding diaryl/α,β-unsaturated/α-hetero) is 1. The molecule has 0 saturated carbocycles. The fraction of sp³-hybridized carbons (Fsp3) is 0.143. The molecule has 0 spiro atoms. The molecule has 0 saturated heterocycles. The molecule has 130 valence electrons. The van der Waals surface area contributed by atoms with E-state index >= 15 is 0 Å². The van der Waals surface area contributed by atoms with E-state index in [-0.39, 0.29) is 11.7 Å². The summed E-state index contributed by atoms with van der Waals surface area (Å²) in [5.41, 5.74) is 3.51. The fourth-order valence-electron chi connectivity index (χ4n) is 3.19. The first-order valence-electron chi connectivity index (χ1n) is 8.47. The number of aromatic hydroxyl groups is 1. The van der Waals surface area contributed by atoms with E-state index in [1.807, 2.05) is 48.5 Å². The van der Waals surface area contributed by atoms with Gasteiger partial charge in [-0.1, -0.05) is 24.3 Å². The van der Waals surface area contributed by atoms with E-state index < -0.39 is 0 Å². The molecule has 26 heavy (non-hydrogen) atoms. The van der Waals surface area contributed by atoms with Gasteiger partial charge in [0, 0.05) is 34.2 Å². The van der Waals surface area contributed by atoms with Gasteiger partial charge in [0.2, 0.25) is 0 Å². The Balaban J connectivity index is 1.85. The van der Waals surface area contributed by atoms with Crippen molar-refractivity contribution < 1.29 is 9.90 Å². The number of pyridine rings is 1. The lowest BCUT2D eigenvalue weighted by molar-refractivity contribution is 0.0982. The highest BCUT2D eigenvalue weighted by molar-refractivity contribution is 6.18. The normalized spacial score (nSPS) is 11.3. The van der Waals surface area contributed by atoms with Crippen LogP contribution in [-0.2, 0) is 0 Å². The van der Waals surface area contributed by atoms with Gasteiger partial charge in [0.15, 0.2) is 11.7 Å². The number of nitrogens with one attached hydrogen (secondary N) is 1. The van der Waals surface area contributed by atoms with Crippen LogP contribution in [0.4, 0.5) is 0 Å². The molecule has 0 radical (unpaired) electrons. The standard InChI is InChI=1S/C21H17ClN2O2/c22-11-3-6-19(25)14-8-9-17-15(12-14)20(21(26)24-17)18-10-7-13-4-1-2-5-16(13)23-18/h1-2,4-5,7-10,12,24,26H,3,6,11H2. The Kier molecular flexibility index (Phi) is 4.35. The number of carbonyl (C=O) groups excluding carboxylic acids is 1. The van der Waals surface area contributed by atoms with Crippen LogP contribution in [0, 0.1) is 0 Å². The van der Waals surface area contributed by atoms with Crippen molar-refractivity contribution in [2.75, 3.05) is 5.88 Å². The average molecular weight is 365 g/mol. The molecule has 2 aromatic heterocycles. The highest BCUT2D eigenvalue weighted by atomic mass is 35.5. The minimum Gasteiger partial charge on any atom is -0.494 e. The van der Waals surface area contributed by atoms with Crippen molar-refractivity contribution in [1.82, 2.24) is 9.97 Å². The van der Waals surface area contributed by atoms with Gasteiger partial charge in [0.05, 0.1) is 16.8 Å². The highest BCUT2D eigenvalue weighted by Gasteiger charge is 2.16. The number of aromatic amines is 1. The van der Waals surface area contributed by atoms with E-state index in [1.165, 1.54) is 0 Å². The van der Waals surface area contributed by atoms with Crippen molar-refractivity contribution >= 4 is 39.2 Å². The second-order valence-corrected chi connectivity index (χ2v) is 6.59. The van der Waals surface area contributed by atoms with Crippen molar-refractivity contribution in [2.45, 2.75) is 12.8 Å². The lowest BCUT2D eigenvalue weighted by Gasteiger charge is -2.04. The Morgan fingerprint density at radius 1 is 1.12 bits per heavy atom. The van der Waals surface area contributed by atoms with Gasteiger partial charge in [-0.3, -0.25) is 4.79 Å². The van der Waals surface area contributed by atoms with Gasteiger partial charge in [0.1, 0.15) is 0 Å². The van der Waals surface area contributed by atoms with Gasteiger partial charge in [-0.2, -0.15) is 0 Å². The van der Waals surface area contributed by atoms with Crippen molar-refractivity contribution in [1.29, 1.82) is 0 Å². The third-order valence-electron chi connectivity index (χ3n) is 4.49. The lowest BCUT2D eigenvalue weighted by atomic mass is 10.0. The number of H-pyrrole nitrogens is 1. The average Bonchev–Trinajstić information content (AvgIpc) is 3.00. The smallest absolute Gasteiger partial charge is 0.199 e. The summed E-state index contributed by atoms with van der Waals surface area (Å²) < 4.78 is 0. The van der Waals surface area contributed by atoms with Gasteiger partial charge >= 0.3 is 0 Å². The molecule has 0 fully saturated rings. The molecular weight excluding hydrogens is 348 g/mol. The summed E-state index contributed by atoms with van der Waals surface area (Å²) in [5, 5.41) is 12.2. The lowest BCUT2D eigenvalue weighted by Crippen LogP contribution is -1.99. The number of ketones is 1. The first kappa shape index (κ1) is 16.6. The molecule has 2 aromatic carbocycles. The third kappa shape index (κ3) is 2.93. The largest absolute Gasteiger partial charge is 0.494 e. The van der Waals surface area contributed by atoms with Crippen molar-refractivity contribution in [3.05, 3.63) is 60.2 Å². The molecule has 0 amide bonds. The maximum Gasteiger partial charge on any atom is 0.199 e. The molecule has 0 aliphatic rings. The van der Waals surface area contributed by atoms with E-state index in [1.54, 1.807) is 6.07 Å². The van der Waals surface area contributed by atoms with Gasteiger partial charge in [-0.15, -0.1) is 11.6 Å². The second kappa shape index (κ2) is 6.81. The van der Waals surface area contributed by atoms with Crippen molar-refractivity contribution in [3.8, 4) is 17.1 Å². The number of para-hydroxylation sites is 1. The van der Waals surface area contributed by atoms with Crippen LogP contribution < -0.4 is 0 Å². The summed E-state index contributed by atoms with van der Waals surface area (Å²) in [6.07, 6.45) is 1.06. The molecule has 2 heterocycles. The molecule has 2 N–H and O–H groups in total. The molecule has 0 aliphatic heterocycles. The molecule has 0 unspecified atom stereocenters. The van der Waals surface area contributed by atoms with Crippen LogP contribution in [0.3, 0.4) is 0 Å². The predicted octanol–water partition coefficient (Wildman–Crippen LogP) is 5.29. The van der Waals surface area contributed by atoms with Crippen LogP contribution in [0.15, 0.2) is 54.6 Å². The van der Waals surface area contributed by atoms with E-state index in [0.717, 1.165) is 21.8 Å². The third-order valence-corrected chi connectivity index (χ3v) is 4.76. The minimum absolute atomic E-state index is 0.0469. The second-order valence-electron chi connectivity index (χ2n) is 6.21. The Morgan fingerprint density at radius 3 is 2.81 bits per heavy atom. The summed E-state index contributed by atoms with van der Waals surface area (Å²) in [5.74, 6) is 0.560. The fourth-order valence-corrected chi connectivity index (χ4v) is 3.32. The number of hydrogen-bond acceptors (Lipinski definition) is 3. The molecule has 5 heteroatoms. The van der Waals surface area contributed by atoms with Gasteiger partial charge in [-0.05, 0) is 36.8 Å². The van der Waals surface area contributed by atoms with Gasteiger partial charge in [-0.25, -0.2) is 4.98 Å². The minimum atomic E-state index is 0.0469. The molecule has 4 nitrogen and oxygen atoms in total. The summed E-state index contributed by atoms with van der Waals surface area (Å²) in [7, 11) is 0. The molecule has 0 atom stereocenters. The number of halogens is 1. The number of alkyl halides is 1. The molecular formula is C21H17ClN2O2. The Morgan fingerprint density at radius 2 is 1.96 bits per heavy atom. The molecule has 4 rings (SSSR count). The summed E-state index contributed by atoms with van der Waals surface area (Å²) in [6, 6.07) is 17.1. The first-order valence-corrected chi connectivity index (χ1v) is 9.01. The zero-order chi connectivity index (χ0) is 18.1. The van der Waals surface area contributed by atoms with Crippen LogP contribution >= 0.6 is 11.6 Å². The number of fused-ring (bicyclic) bond motifs is 2. The quantitative estimate of drug-likeness (QED) is 0.373. The topological polar surface area (TPSA) is 66.0 Å². The SMILES string of the molecule is O=C(CCCCl)c1ccc2[nH]c(O)c(-c3ccc4ccccc4n3)c2c1. The Hall–Kier alpha value is -2.85.